The topological polar surface area (TPSA) is 35.5 Å². The molecule has 1 aromatic rings. The smallest absolute Gasteiger partial charge is 0.373 e. The SMILES string of the molecule is CCOC(=O)C1=C(c2ccccc2)CCCO1. The second-order valence-electron chi connectivity index (χ2n) is 3.85. The molecule has 1 aliphatic rings. The van der Waals surface area contributed by atoms with Crippen molar-refractivity contribution in [2.24, 2.45) is 0 Å². The number of hydrogen-bond donors (Lipinski definition) is 0. The molecule has 1 aromatic carbocycles. The normalized spacial score (nSPS) is 15.4. The van der Waals surface area contributed by atoms with E-state index in [1.54, 1.807) is 6.92 Å². The molecule has 0 fully saturated rings. The lowest BCUT2D eigenvalue weighted by molar-refractivity contribution is -0.142. The molecule has 90 valence electrons. The van der Waals surface area contributed by atoms with Crippen molar-refractivity contribution in [1.82, 2.24) is 0 Å². The van der Waals surface area contributed by atoms with Crippen LogP contribution in [-0.2, 0) is 14.3 Å². The fraction of sp³-hybridized carbons (Fsp3) is 0.357. The van der Waals surface area contributed by atoms with Gasteiger partial charge in [0.15, 0.2) is 0 Å². The molecular weight excluding hydrogens is 216 g/mol. The van der Waals surface area contributed by atoms with E-state index in [0.717, 1.165) is 24.0 Å². The van der Waals surface area contributed by atoms with Crippen LogP contribution in [0.25, 0.3) is 5.57 Å². The number of allylic oxidation sites excluding steroid dienone is 1. The van der Waals surface area contributed by atoms with Crippen molar-refractivity contribution in [3.8, 4) is 0 Å². The van der Waals surface area contributed by atoms with Gasteiger partial charge in [0.25, 0.3) is 0 Å². The van der Waals surface area contributed by atoms with Gasteiger partial charge in [-0.25, -0.2) is 4.79 Å². The molecular formula is C14H16O3. The molecule has 2 rings (SSSR count). The van der Waals surface area contributed by atoms with E-state index in [1.165, 1.54) is 0 Å². The zero-order valence-corrected chi connectivity index (χ0v) is 9.94. The number of hydrogen-bond acceptors (Lipinski definition) is 3. The summed E-state index contributed by atoms with van der Waals surface area (Å²) in [6.07, 6.45) is 1.80. The predicted octanol–water partition coefficient (Wildman–Crippen LogP) is 2.77. The van der Waals surface area contributed by atoms with Gasteiger partial charge < -0.3 is 9.47 Å². The fourth-order valence-corrected chi connectivity index (χ4v) is 1.92. The maximum Gasteiger partial charge on any atom is 0.373 e. The summed E-state index contributed by atoms with van der Waals surface area (Å²) >= 11 is 0. The summed E-state index contributed by atoms with van der Waals surface area (Å²) in [7, 11) is 0. The summed E-state index contributed by atoms with van der Waals surface area (Å²) in [6, 6.07) is 9.85. The molecule has 0 amide bonds. The van der Waals surface area contributed by atoms with E-state index in [1.807, 2.05) is 30.3 Å². The molecule has 0 saturated heterocycles. The summed E-state index contributed by atoms with van der Waals surface area (Å²) in [5, 5.41) is 0. The predicted molar refractivity (Wildman–Crippen MR) is 65.2 cm³/mol. The van der Waals surface area contributed by atoms with E-state index in [0.29, 0.717) is 19.0 Å². The lowest BCUT2D eigenvalue weighted by Gasteiger charge is -2.20. The Morgan fingerprint density at radius 3 is 2.82 bits per heavy atom. The van der Waals surface area contributed by atoms with E-state index in [9.17, 15) is 4.79 Å². The van der Waals surface area contributed by atoms with Gasteiger partial charge in [0.1, 0.15) is 0 Å². The summed E-state index contributed by atoms with van der Waals surface area (Å²) in [6.45, 7) is 2.75. The van der Waals surface area contributed by atoms with Gasteiger partial charge in [0.2, 0.25) is 5.76 Å². The average molecular weight is 232 g/mol. The van der Waals surface area contributed by atoms with Crippen LogP contribution in [0.3, 0.4) is 0 Å². The number of ether oxygens (including phenoxy) is 2. The molecule has 3 heteroatoms. The van der Waals surface area contributed by atoms with Crippen LogP contribution in [0, 0.1) is 0 Å². The zero-order valence-electron chi connectivity index (χ0n) is 9.94. The van der Waals surface area contributed by atoms with Gasteiger partial charge in [0, 0.05) is 5.57 Å². The van der Waals surface area contributed by atoms with Crippen molar-refractivity contribution in [1.29, 1.82) is 0 Å². The quantitative estimate of drug-likeness (QED) is 0.752. The van der Waals surface area contributed by atoms with Crippen molar-refractivity contribution in [3.05, 3.63) is 41.7 Å². The average Bonchev–Trinajstić information content (AvgIpc) is 2.40. The molecule has 3 nitrogen and oxygen atoms in total. The van der Waals surface area contributed by atoms with Crippen molar-refractivity contribution in [2.45, 2.75) is 19.8 Å². The fourth-order valence-electron chi connectivity index (χ4n) is 1.92. The Bertz CT molecular complexity index is 420. The van der Waals surface area contributed by atoms with Crippen molar-refractivity contribution in [3.63, 3.8) is 0 Å². The molecule has 0 unspecified atom stereocenters. The maximum atomic E-state index is 11.8. The van der Waals surface area contributed by atoms with Gasteiger partial charge in [-0.3, -0.25) is 0 Å². The minimum absolute atomic E-state index is 0.356. The van der Waals surface area contributed by atoms with E-state index in [-0.39, 0.29) is 5.97 Å². The Hall–Kier alpha value is -1.77. The molecule has 1 aliphatic heterocycles. The van der Waals surface area contributed by atoms with Crippen LogP contribution >= 0.6 is 0 Å². The highest BCUT2D eigenvalue weighted by Crippen LogP contribution is 2.29. The van der Waals surface area contributed by atoms with Crippen molar-refractivity contribution in [2.75, 3.05) is 13.2 Å². The highest BCUT2D eigenvalue weighted by atomic mass is 16.6. The molecule has 0 N–H and O–H groups in total. The lowest BCUT2D eigenvalue weighted by Crippen LogP contribution is -2.17. The third-order valence-electron chi connectivity index (χ3n) is 2.67. The molecule has 0 saturated carbocycles. The monoisotopic (exact) mass is 232 g/mol. The van der Waals surface area contributed by atoms with E-state index < -0.39 is 0 Å². The van der Waals surface area contributed by atoms with E-state index in [4.69, 9.17) is 9.47 Å². The molecule has 1 heterocycles. The number of esters is 1. The van der Waals surface area contributed by atoms with Crippen LogP contribution < -0.4 is 0 Å². The third kappa shape index (κ3) is 2.67. The molecule has 0 bridgehead atoms. The maximum absolute atomic E-state index is 11.8. The van der Waals surface area contributed by atoms with Crippen LogP contribution in [0.15, 0.2) is 36.1 Å². The summed E-state index contributed by atoms with van der Waals surface area (Å²) in [4.78, 5) is 11.8. The first kappa shape index (κ1) is 11.7. The van der Waals surface area contributed by atoms with Crippen LogP contribution in [0.4, 0.5) is 0 Å². The van der Waals surface area contributed by atoms with Crippen molar-refractivity contribution >= 4 is 11.5 Å². The molecule has 0 aliphatic carbocycles. The first-order valence-electron chi connectivity index (χ1n) is 5.91. The van der Waals surface area contributed by atoms with Gasteiger partial charge >= 0.3 is 5.97 Å². The number of rotatable bonds is 3. The van der Waals surface area contributed by atoms with Gasteiger partial charge in [-0.2, -0.15) is 0 Å². The highest BCUT2D eigenvalue weighted by molar-refractivity contribution is 5.95. The Labute approximate surface area is 101 Å². The van der Waals surface area contributed by atoms with Crippen LogP contribution in [0.1, 0.15) is 25.3 Å². The van der Waals surface area contributed by atoms with Gasteiger partial charge in [-0.15, -0.1) is 0 Å². The van der Waals surface area contributed by atoms with Gasteiger partial charge in [-0.1, -0.05) is 30.3 Å². The molecule has 0 radical (unpaired) electrons. The first-order valence-corrected chi connectivity index (χ1v) is 5.91. The van der Waals surface area contributed by atoms with E-state index >= 15 is 0 Å². The number of carbonyl (C=O) groups is 1. The Morgan fingerprint density at radius 2 is 2.12 bits per heavy atom. The largest absolute Gasteiger partial charge is 0.486 e. The van der Waals surface area contributed by atoms with Gasteiger partial charge in [-0.05, 0) is 25.3 Å². The minimum Gasteiger partial charge on any atom is -0.486 e. The summed E-state index contributed by atoms with van der Waals surface area (Å²) < 4.78 is 10.5. The Morgan fingerprint density at radius 1 is 1.35 bits per heavy atom. The highest BCUT2D eigenvalue weighted by Gasteiger charge is 2.22. The van der Waals surface area contributed by atoms with Crippen LogP contribution in [0.2, 0.25) is 0 Å². The van der Waals surface area contributed by atoms with Gasteiger partial charge in [0.05, 0.1) is 13.2 Å². The minimum atomic E-state index is -0.356. The summed E-state index contributed by atoms with van der Waals surface area (Å²) in [5.41, 5.74) is 1.99. The molecule has 17 heavy (non-hydrogen) atoms. The Balaban J connectivity index is 2.35. The Kier molecular flexibility index (Phi) is 3.81. The number of carbonyl (C=O) groups excluding carboxylic acids is 1. The van der Waals surface area contributed by atoms with Crippen LogP contribution in [-0.4, -0.2) is 19.2 Å². The zero-order chi connectivity index (χ0) is 12.1. The first-order chi connectivity index (χ1) is 8.33. The molecule has 0 spiro atoms. The lowest BCUT2D eigenvalue weighted by atomic mass is 9.98. The standard InChI is InChI=1S/C14H16O3/c1-2-16-14(15)13-12(9-6-10-17-13)11-7-4-3-5-8-11/h3-5,7-8H,2,6,9-10H2,1H3. The molecule has 0 aromatic heterocycles. The second-order valence-corrected chi connectivity index (χ2v) is 3.85. The van der Waals surface area contributed by atoms with Crippen molar-refractivity contribution < 1.29 is 14.3 Å². The van der Waals surface area contributed by atoms with E-state index in [2.05, 4.69) is 0 Å². The van der Waals surface area contributed by atoms with Crippen LogP contribution in [0.5, 0.6) is 0 Å². The third-order valence-corrected chi connectivity index (χ3v) is 2.67. The second kappa shape index (κ2) is 5.53. The molecule has 0 atom stereocenters. The summed E-state index contributed by atoms with van der Waals surface area (Å²) in [5.74, 6) is 0.0235. The number of benzene rings is 1.